The van der Waals surface area contributed by atoms with Crippen LogP contribution in [0.25, 0.3) is 0 Å². The quantitative estimate of drug-likeness (QED) is 0.463. The summed E-state index contributed by atoms with van der Waals surface area (Å²) in [4.78, 5) is 22.9. The summed E-state index contributed by atoms with van der Waals surface area (Å²) < 4.78 is 15.1. The predicted molar refractivity (Wildman–Crippen MR) is 72.9 cm³/mol. The van der Waals surface area contributed by atoms with Crippen molar-refractivity contribution in [2.45, 2.75) is 5.38 Å². The summed E-state index contributed by atoms with van der Waals surface area (Å²) in [6.45, 7) is 0. The van der Waals surface area contributed by atoms with E-state index in [1.165, 1.54) is 20.3 Å². The Kier molecular flexibility index (Phi) is 5.62. The van der Waals surface area contributed by atoms with Crippen LogP contribution in [-0.2, 0) is 14.3 Å². The van der Waals surface area contributed by atoms with E-state index in [0.717, 1.165) is 7.11 Å². The molecule has 7 heteroatoms. The zero-order valence-electron chi connectivity index (χ0n) is 10.5. The number of hydrogen-bond acceptors (Lipinski definition) is 5. The van der Waals surface area contributed by atoms with Crippen LogP contribution in [-0.4, -0.2) is 33.1 Å². The predicted octanol–water partition coefficient (Wildman–Crippen LogP) is 2.49. The highest BCUT2D eigenvalue weighted by atomic mass is 79.9. The fraction of sp³-hybridized carbons (Fsp3) is 0.333. The molecule has 0 N–H and O–H groups in total. The Bertz CT molecular complexity index is 503. The third-order valence-electron chi connectivity index (χ3n) is 2.39. The van der Waals surface area contributed by atoms with Gasteiger partial charge in [-0.2, -0.15) is 0 Å². The van der Waals surface area contributed by atoms with Crippen molar-refractivity contribution in [2.24, 2.45) is 0 Å². The zero-order chi connectivity index (χ0) is 14.6. The van der Waals surface area contributed by atoms with E-state index >= 15 is 0 Å². The molecule has 1 atom stereocenters. The van der Waals surface area contributed by atoms with Crippen LogP contribution < -0.4 is 9.47 Å². The van der Waals surface area contributed by atoms with Gasteiger partial charge in [0.1, 0.15) is 5.38 Å². The summed E-state index contributed by atoms with van der Waals surface area (Å²) in [7, 11) is 4.07. The Hall–Kier alpha value is -1.27. The van der Waals surface area contributed by atoms with Crippen LogP contribution >= 0.6 is 27.5 Å². The maximum atomic E-state index is 11.7. The van der Waals surface area contributed by atoms with Gasteiger partial charge in [0.05, 0.1) is 21.3 Å². The Labute approximate surface area is 123 Å². The molecule has 5 nitrogen and oxygen atoms in total. The molecule has 1 unspecified atom stereocenters. The minimum absolute atomic E-state index is 0.398. The van der Waals surface area contributed by atoms with E-state index in [4.69, 9.17) is 21.1 Å². The monoisotopic (exact) mass is 350 g/mol. The molecule has 1 aromatic rings. The number of carbonyl (C=O) groups excluding carboxylic acids is 2. The molecule has 104 valence electrons. The molecule has 19 heavy (non-hydrogen) atoms. The van der Waals surface area contributed by atoms with Gasteiger partial charge in [-0.05, 0) is 17.7 Å². The maximum Gasteiger partial charge on any atom is 0.376 e. The molecule has 0 heterocycles. The van der Waals surface area contributed by atoms with Crippen molar-refractivity contribution in [1.29, 1.82) is 0 Å². The van der Waals surface area contributed by atoms with Gasteiger partial charge < -0.3 is 14.2 Å². The first-order valence-corrected chi connectivity index (χ1v) is 6.36. The average Bonchev–Trinajstić information content (AvgIpc) is 2.44. The van der Waals surface area contributed by atoms with Crippen LogP contribution in [0.3, 0.4) is 0 Å². The average molecular weight is 352 g/mol. The lowest BCUT2D eigenvalue weighted by Crippen LogP contribution is -2.20. The fourth-order valence-corrected chi connectivity index (χ4v) is 2.36. The molecule has 1 rings (SSSR count). The molecule has 0 fully saturated rings. The van der Waals surface area contributed by atoms with Crippen LogP contribution in [0.4, 0.5) is 0 Å². The second-order valence-electron chi connectivity index (χ2n) is 3.45. The number of hydrogen-bond donors (Lipinski definition) is 0. The van der Waals surface area contributed by atoms with Gasteiger partial charge in [0.2, 0.25) is 0 Å². The van der Waals surface area contributed by atoms with E-state index in [1.54, 1.807) is 6.07 Å². The number of rotatable bonds is 5. The van der Waals surface area contributed by atoms with Gasteiger partial charge in [-0.25, -0.2) is 4.79 Å². The lowest BCUT2D eigenvalue weighted by molar-refractivity contribution is -0.151. The van der Waals surface area contributed by atoms with E-state index in [-0.39, 0.29) is 0 Å². The molecule has 0 radical (unpaired) electrons. The van der Waals surface area contributed by atoms with Crippen molar-refractivity contribution in [1.82, 2.24) is 0 Å². The number of halogens is 2. The number of ketones is 1. The Morgan fingerprint density at radius 2 is 1.68 bits per heavy atom. The standard InChI is InChI=1S/C12H12BrClO5/c1-17-8-4-6(7(13)5-9(8)18-2)10(14)11(15)12(16)19-3/h4-5,10H,1-3H3. The molecule has 1 aromatic carbocycles. The minimum Gasteiger partial charge on any atom is -0.493 e. The van der Waals surface area contributed by atoms with E-state index in [1.807, 2.05) is 0 Å². The molecule has 0 aromatic heterocycles. The molecule has 0 saturated heterocycles. The Balaban J connectivity index is 3.20. The number of benzene rings is 1. The topological polar surface area (TPSA) is 61.8 Å². The van der Waals surface area contributed by atoms with Gasteiger partial charge in [0, 0.05) is 4.47 Å². The highest BCUT2D eigenvalue weighted by Gasteiger charge is 2.28. The van der Waals surface area contributed by atoms with Crippen molar-refractivity contribution in [2.75, 3.05) is 21.3 Å². The number of Topliss-reactive ketones (excluding diaryl/α,β-unsaturated/α-hetero) is 1. The van der Waals surface area contributed by atoms with Crippen molar-refractivity contribution >= 4 is 39.3 Å². The highest BCUT2D eigenvalue weighted by Crippen LogP contribution is 2.38. The van der Waals surface area contributed by atoms with Crippen LogP contribution in [0, 0.1) is 0 Å². The summed E-state index contributed by atoms with van der Waals surface area (Å²) in [5.74, 6) is -0.963. The van der Waals surface area contributed by atoms with Gasteiger partial charge in [-0.3, -0.25) is 4.79 Å². The van der Waals surface area contributed by atoms with Gasteiger partial charge in [-0.15, -0.1) is 11.6 Å². The third kappa shape index (κ3) is 3.39. The van der Waals surface area contributed by atoms with Gasteiger partial charge in [0.15, 0.2) is 11.5 Å². The number of esters is 1. The summed E-state index contributed by atoms with van der Waals surface area (Å²) in [5, 5.41) is -1.17. The number of carbonyl (C=O) groups is 2. The molecule has 0 saturated carbocycles. The third-order valence-corrected chi connectivity index (χ3v) is 3.51. The lowest BCUT2D eigenvalue weighted by Gasteiger charge is -2.14. The van der Waals surface area contributed by atoms with E-state index in [0.29, 0.717) is 21.5 Å². The molecule has 0 amide bonds. The summed E-state index contributed by atoms with van der Waals surface area (Å²) >= 11 is 9.25. The summed E-state index contributed by atoms with van der Waals surface area (Å²) in [5.41, 5.74) is 0.398. The largest absolute Gasteiger partial charge is 0.493 e. The number of ether oxygens (including phenoxy) is 3. The number of methoxy groups -OCH3 is 3. The molecular formula is C12H12BrClO5. The van der Waals surface area contributed by atoms with E-state index in [2.05, 4.69) is 20.7 Å². The van der Waals surface area contributed by atoms with Crippen molar-refractivity contribution in [3.8, 4) is 11.5 Å². The van der Waals surface area contributed by atoms with Crippen LogP contribution in [0.15, 0.2) is 16.6 Å². The van der Waals surface area contributed by atoms with Crippen LogP contribution in [0.2, 0.25) is 0 Å². The summed E-state index contributed by atoms with van der Waals surface area (Å²) in [6.07, 6.45) is 0. The maximum absolute atomic E-state index is 11.7. The normalized spacial score (nSPS) is 11.6. The first-order valence-electron chi connectivity index (χ1n) is 5.13. The first-order chi connectivity index (χ1) is 8.96. The molecular weight excluding hydrogens is 339 g/mol. The second-order valence-corrected chi connectivity index (χ2v) is 4.74. The van der Waals surface area contributed by atoms with Gasteiger partial charge in [0.25, 0.3) is 5.78 Å². The Morgan fingerprint density at radius 1 is 1.16 bits per heavy atom. The highest BCUT2D eigenvalue weighted by molar-refractivity contribution is 9.10. The van der Waals surface area contributed by atoms with Gasteiger partial charge in [-0.1, -0.05) is 15.9 Å². The van der Waals surface area contributed by atoms with Crippen LogP contribution in [0.1, 0.15) is 10.9 Å². The first kappa shape index (κ1) is 15.8. The van der Waals surface area contributed by atoms with Crippen molar-refractivity contribution in [3.05, 3.63) is 22.2 Å². The number of alkyl halides is 1. The lowest BCUT2D eigenvalue weighted by atomic mass is 10.1. The van der Waals surface area contributed by atoms with E-state index in [9.17, 15) is 9.59 Å². The SMILES string of the molecule is COC(=O)C(=O)C(Cl)c1cc(OC)c(OC)cc1Br. The molecule has 0 bridgehead atoms. The van der Waals surface area contributed by atoms with Crippen molar-refractivity contribution < 1.29 is 23.8 Å². The second kappa shape index (κ2) is 6.77. The minimum atomic E-state index is -1.17. The summed E-state index contributed by atoms with van der Waals surface area (Å²) in [6, 6.07) is 3.13. The molecule has 0 aliphatic carbocycles. The molecule has 0 spiro atoms. The van der Waals surface area contributed by atoms with Gasteiger partial charge >= 0.3 is 5.97 Å². The fourth-order valence-electron chi connectivity index (χ4n) is 1.41. The smallest absolute Gasteiger partial charge is 0.376 e. The molecule has 0 aliphatic heterocycles. The van der Waals surface area contributed by atoms with E-state index < -0.39 is 17.1 Å². The Morgan fingerprint density at radius 3 is 2.16 bits per heavy atom. The van der Waals surface area contributed by atoms with Crippen LogP contribution in [0.5, 0.6) is 11.5 Å². The zero-order valence-corrected chi connectivity index (χ0v) is 12.9. The van der Waals surface area contributed by atoms with Crippen molar-refractivity contribution in [3.63, 3.8) is 0 Å². The molecule has 0 aliphatic rings.